The van der Waals surface area contributed by atoms with E-state index in [-0.39, 0.29) is 24.4 Å². The second-order valence-corrected chi connectivity index (χ2v) is 6.59. The molecule has 112 valence electrons. The van der Waals surface area contributed by atoms with E-state index in [1.54, 1.807) is 35.4 Å². The molecule has 1 N–H and O–H groups in total. The van der Waals surface area contributed by atoms with Crippen LogP contribution in [0.4, 0.5) is 9.18 Å². The molecule has 0 aliphatic carbocycles. The molecule has 0 saturated heterocycles. The molecule has 0 fully saturated rings. The second kappa shape index (κ2) is 7.04. The number of halogens is 2. The Kier molecular flexibility index (Phi) is 5.36. The van der Waals surface area contributed by atoms with Crippen molar-refractivity contribution in [1.29, 1.82) is 0 Å². The fourth-order valence-corrected chi connectivity index (χ4v) is 3.11. The van der Waals surface area contributed by atoms with Crippen LogP contribution >= 0.6 is 27.3 Å². The maximum atomic E-state index is 13.6. The smallest absolute Gasteiger partial charge is 0.317 e. The van der Waals surface area contributed by atoms with Crippen molar-refractivity contribution in [2.75, 3.05) is 7.05 Å². The Morgan fingerprint density at radius 1 is 1.48 bits per heavy atom. The van der Waals surface area contributed by atoms with Gasteiger partial charge < -0.3 is 10.2 Å². The number of nitrogens with one attached hydrogen (secondary N) is 1. The van der Waals surface area contributed by atoms with E-state index in [0.29, 0.717) is 5.56 Å². The Morgan fingerprint density at radius 3 is 2.90 bits per heavy atom. The Morgan fingerprint density at radius 2 is 2.24 bits per heavy atom. The molecule has 0 aliphatic heterocycles. The maximum absolute atomic E-state index is 13.6. The van der Waals surface area contributed by atoms with E-state index in [1.807, 2.05) is 24.4 Å². The zero-order valence-corrected chi connectivity index (χ0v) is 14.2. The van der Waals surface area contributed by atoms with Crippen LogP contribution in [0, 0.1) is 5.82 Å². The average Bonchev–Trinajstić information content (AvgIpc) is 3.00. The lowest BCUT2D eigenvalue weighted by molar-refractivity contribution is 0.194. The molecule has 1 unspecified atom stereocenters. The molecule has 1 aromatic heterocycles. The Hall–Kier alpha value is -1.40. The van der Waals surface area contributed by atoms with Crippen molar-refractivity contribution in [2.45, 2.75) is 19.5 Å². The highest BCUT2D eigenvalue weighted by molar-refractivity contribution is 9.10. The maximum Gasteiger partial charge on any atom is 0.317 e. The van der Waals surface area contributed by atoms with Gasteiger partial charge in [0.1, 0.15) is 5.82 Å². The van der Waals surface area contributed by atoms with Crippen LogP contribution in [0.5, 0.6) is 0 Å². The van der Waals surface area contributed by atoms with Gasteiger partial charge in [-0.1, -0.05) is 22.0 Å². The fraction of sp³-hybridized carbons (Fsp3) is 0.267. The van der Waals surface area contributed by atoms with Gasteiger partial charge in [0.25, 0.3) is 0 Å². The van der Waals surface area contributed by atoms with Gasteiger partial charge in [-0.15, -0.1) is 11.3 Å². The topological polar surface area (TPSA) is 32.3 Å². The third kappa shape index (κ3) is 4.04. The Labute approximate surface area is 135 Å². The third-order valence-corrected chi connectivity index (χ3v) is 4.83. The van der Waals surface area contributed by atoms with E-state index in [0.717, 1.165) is 9.35 Å². The van der Waals surface area contributed by atoms with Crippen molar-refractivity contribution in [1.82, 2.24) is 10.2 Å². The Balaban J connectivity index is 1.96. The molecule has 0 spiro atoms. The number of urea groups is 1. The number of rotatable bonds is 4. The third-order valence-electron chi connectivity index (χ3n) is 3.29. The molecule has 0 radical (unpaired) electrons. The first-order valence-corrected chi connectivity index (χ1v) is 8.14. The molecular formula is C15H16BrFN2OS. The summed E-state index contributed by atoms with van der Waals surface area (Å²) >= 11 is 4.90. The number of benzene rings is 1. The SMILES string of the molecule is CC(c1cccs1)N(C)C(=O)NCc1cc(Br)ccc1F. The minimum Gasteiger partial charge on any atom is -0.334 e. The normalized spacial score (nSPS) is 12.0. The van der Waals surface area contributed by atoms with Gasteiger partial charge >= 0.3 is 6.03 Å². The van der Waals surface area contributed by atoms with Crippen LogP contribution in [0.3, 0.4) is 0 Å². The number of thiophene rings is 1. The highest BCUT2D eigenvalue weighted by atomic mass is 79.9. The molecule has 6 heteroatoms. The van der Waals surface area contributed by atoms with E-state index < -0.39 is 0 Å². The van der Waals surface area contributed by atoms with Gasteiger partial charge in [-0.25, -0.2) is 9.18 Å². The summed E-state index contributed by atoms with van der Waals surface area (Å²) < 4.78 is 14.4. The first-order valence-electron chi connectivity index (χ1n) is 6.47. The molecule has 3 nitrogen and oxygen atoms in total. The first kappa shape index (κ1) is 16.0. The summed E-state index contributed by atoms with van der Waals surface area (Å²) in [6, 6.07) is 8.38. The van der Waals surface area contributed by atoms with Gasteiger partial charge in [-0.05, 0) is 36.6 Å². The van der Waals surface area contributed by atoms with Crippen molar-refractivity contribution in [3.8, 4) is 0 Å². The minimum atomic E-state index is -0.326. The van der Waals surface area contributed by atoms with Crippen molar-refractivity contribution in [3.05, 3.63) is 56.4 Å². The van der Waals surface area contributed by atoms with Crippen LogP contribution in [0.25, 0.3) is 0 Å². The van der Waals surface area contributed by atoms with Crippen LogP contribution in [0.2, 0.25) is 0 Å². The van der Waals surface area contributed by atoms with Gasteiger partial charge in [0, 0.05) is 28.5 Å². The van der Waals surface area contributed by atoms with Gasteiger partial charge in [0.05, 0.1) is 6.04 Å². The van der Waals surface area contributed by atoms with Gasteiger partial charge in [0.15, 0.2) is 0 Å². The monoisotopic (exact) mass is 370 g/mol. The second-order valence-electron chi connectivity index (χ2n) is 4.70. The summed E-state index contributed by atoms with van der Waals surface area (Å²) in [5.41, 5.74) is 0.454. The molecule has 2 aromatic rings. The summed E-state index contributed by atoms with van der Waals surface area (Å²) in [5, 5.41) is 4.72. The van der Waals surface area contributed by atoms with Crippen LogP contribution < -0.4 is 5.32 Å². The molecule has 1 aromatic carbocycles. The van der Waals surface area contributed by atoms with Crippen LogP contribution in [0.15, 0.2) is 40.2 Å². The lowest BCUT2D eigenvalue weighted by atomic mass is 10.2. The van der Waals surface area contributed by atoms with Crippen LogP contribution in [-0.2, 0) is 6.54 Å². The van der Waals surface area contributed by atoms with Gasteiger partial charge in [-0.3, -0.25) is 0 Å². The van der Waals surface area contributed by atoms with Crippen molar-refractivity contribution >= 4 is 33.3 Å². The fourth-order valence-electron chi connectivity index (χ4n) is 1.87. The number of amides is 2. The number of carbonyl (C=O) groups excluding carboxylic acids is 1. The van der Waals surface area contributed by atoms with E-state index in [4.69, 9.17) is 0 Å². The van der Waals surface area contributed by atoms with Crippen molar-refractivity contribution < 1.29 is 9.18 Å². The van der Waals surface area contributed by atoms with E-state index in [2.05, 4.69) is 21.2 Å². The predicted molar refractivity (Wildman–Crippen MR) is 86.8 cm³/mol. The van der Waals surface area contributed by atoms with Crippen molar-refractivity contribution in [3.63, 3.8) is 0 Å². The number of hydrogen-bond donors (Lipinski definition) is 1. The summed E-state index contributed by atoms with van der Waals surface area (Å²) in [5.74, 6) is -0.326. The van der Waals surface area contributed by atoms with Gasteiger partial charge in [-0.2, -0.15) is 0 Å². The molecule has 0 saturated carbocycles. The lowest BCUT2D eigenvalue weighted by Gasteiger charge is -2.24. The number of carbonyl (C=O) groups is 1. The zero-order valence-electron chi connectivity index (χ0n) is 11.8. The Bertz CT molecular complexity index is 618. The molecule has 0 bridgehead atoms. The summed E-state index contributed by atoms with van der Waals surface area (Å²) in [6.45, 7) is 2.12. The highest BCUT2D eigenvalue weighted by Gasteiger charge is 2.18. The number of hydrogen-bond acceptors (Lipinski definition) is 2. The zero-order chi connectivity index (χ0) is 15.4. The lowest BCUT2D eigenvalue weighted by Crippen LogP contribution is -2.38. The molecule has 2 amide bonds. The largest absolute Gasteiger partial charge is 0.334 e. The average molecular weight is 371 g/mol. The molecule has 21 heavy (non-hydrogen) atoms. The molecular weight excluding hydrogens is 355 g/mol. The quantitative estimate of drug-likeness (QED) is 0.840. The molecule has 0 aliphatic rings. The van der Waals surface area contributed by atoms with Crippen LogP contribution in [0.1, 0.15) is 23.4 Å². The standard InChI is InChI=1S/C15H16BrFN2OS/c1-10(14-4-3-7-21-14)19(2)15(20)18-9-11-8-12(16)5-6-13(11)17/h3-8,10H,9H2,1-2H3,(H,18,20). The van der Waals surface area contributed by atoms with Crippen molar-refractivity contribution in [2.24, 2.45) is 0 Å². The molecule has 1 atom stereocenters. The highest BCUT2D eigenvalue weighted by Crippen LogP contribution is 2.23. The van der Waals surface area contributed by atoms with E-state index in [1.165, 1.54) is 6.07 Å². The molecule has 1 heterocycles. The predicted octanol–water partition coefficient (Wildman–Crippen LogP) is 4.55. The van der Waals surface area contributed by atoms with E-state index >= 15 is 0 Å². The number of nitrogens with zero attached hydrogens (tertiary/aromatic N) is 1. The summed E-state index contributed by atoms with van der Waals surface area (Å²) in [7, 11) is 1.73. The summed E-state index contributed by atoms with van der Waals surface area (Å²) in [6.07, 6.45) is 0. The van der Waals surface area contributed by atoms with Crippen LogP contribution in [-0.4, -0.2) is 18.0 Å². The minimum absolute atomic E-state index is 0.0163. The molecule has 2 rings (SSSR count). The van der Waals surface area contributed by atoms with Gasteiger partial charge in [0.2, 0.25) is 0 Å². The first-order chi connectivity index (χ1) is 9.99. The van der Waals surface area contributed by atoms with E-state index in [9.17, 15) is 9.18 Å². The summed E-state index contributed by atoms with van der Waals surface area (Å²) in [4.78, 5) is 14.9.